The minimum atomic E-state index is -5.35. The largest absolute Gasteiger partial charge is 1.00 e. The number of phenolic OH excluding ortho intramolecular Hbond substituents is 2. The topological polar surface area (TPSA) is 314 Å². The summed E-state index contributed by atoms with van der Waals surface area (Å²) in [6.07, 6.45) is 0. The Morgan fingerprint density at radius 2 is 0.957 bits per heavy atom. The number of benzene rings is 4. The molecular weight excluding hydrogens is 764 g/mol. The number of hydrogen-bond acceptors (Lipinski definition) is 12. The fraction of sp³-hybridized carbons (Fsp3) is 0. The van der Waals surface area contributed by atoms with Gasteiger partial charge in [0.2, 0.25) is 0 Å². The molecule has 0 saturated carbocycles. The van der Waals surface area contributed by atoms with Gasteiger partial charge < -0.3 is 31.2 Å². The molecule has 0 amide bonds. The molecule has 0 saturated heterocycles. The number of fused-ring (bicyclic) bond motifs is 1. The van der Waals surface area contributed by atoms with Crippen LogP contribution in [0.4, 0.5) is 22.7 Å². The Bertz CT molecular complexity index is 2180. The molecule has 0 aliphatic heterocycles. The predicted octanol–water partition coefficient (Wildman–Crippen LogP) is 1.60. The van der Waals surface area contributed by atoms with Gasteiger partial charge in [-0.2, -0.15) is 16.8 Å². The van der Waals surface area contributed by atoms with E-state index in [4.69, 9.17) is 23.2 Å². The first-order valence-corrected chi connectivity index (χ1v) is 18.4. The van der Waals surface area contributed by atoms with Gasteiger partial charge >= 0.3 is 44.7 Å². The molecule has 0 fully saturated rings. The van der Waals surface area contributed by atoms with Gasteiger partial charge in [0.25, 0.3) is 20.2 Å². The van der Waals surface area contributed by atoms with E-state index in [2.05, 4.69) is 20.5 Å². The summed E-state index contributed by atoms with van der Waals surface area (Å²) in [5.74, 6) is -2.61. The van der Waals surface area contributed by atoms with E-state index in [-0.39, 0.29) is 41.0 Å². The van der Waals surface area contributed by atoms with Crippen molar-refractivity contribution in [1.82, 2.24) is 0 Å². The van der Waals surface area contributed by atoms with E-state index < -0.39 is 101 Å². The van der Waals surface area contributed by atoms with Crippen LogP contribution in [0, 0.1) is 0 Å². The fourth-order valence-corrected chi connectivity index (χ4v) is 7.15. The van der Waals surface area contributed by atoms with Crippen LogP contribution in [0.1, 0.15) is 1.43 Å². The summed E-state index contributed by atoms with van der Waals surface area (Å²) in [6.45, 7) is 0. The standard InChI is InChI=1S/C22H16Cl2N4O14P2S2.Na.H/c23-10-1-3-12(14(7-10)43(31,32)33)25-27-19-16(45(37,38)39)5-9-6-17(46(40,41)42)20(22(30)18(9)21(19)29)28-26-13-4-2-11(24)8-15(13)44(34,35)36;;/h1-8,29-30H,(H2,31,32,33)(H2,34,35,36)(H,37,38,39)(H,40,41,42);;/q;+1;-1. The van der Waals surface area contributed by atoms with Crippen LogP contribution in [0.3, 0.4) is 0 Å². The third-order valence-electron chi connectivity index (χ3n) is 5.82. The number of nitrogens with zero attached hydrogens (tertiary/aromatic N) is 4. The Labute approximate surface area is 297 Å². The second-order valence-electron chi connectivity index (χ2n) is 8.95. The predicted molar refractivity (Wildman–Crippen MR) is 163 cm³/mol. The van der Waals surface area contributed by atoms with Crippen molar-refractivity contribution in [2.24, 2.45) is 20.5 Å². The van der Waals surface area contributed by atoms with E-state index in [0.717, 1.165) is 36.4 Å². The molecule has 4 aromatic rings. The fourth-order valence-electron chi connectivity index (χ4n) is 3.88. The van der Waals surface area contributed by atoms with Gasteiger partial charge in [0, 0.05) is 10.0 Å². The third kappa shape index (κ3) is 8.63. The zero-order valence-corrected chi connectivity index (χ0v) is 29.8. The maximum Gasteiger partial charge on any atom is 1.00 e. The first kappa shape index (κ1) is 39.1. The Hall–Kier alpha value is -2.36. The van der Waals surface area contributed by atoms with Crippen molar-refractivity contribution in [3.63, 3.8) is 0 Å². The molecule has 0 radical (unpaired) electrons. The average Bonchev–Trinajstić information content (AvgIpc) is 2.90. The summed E-state index contributed by atoms with van der Waals surface area (Å²) in [7, 11) is -20.8. The van der Waals surface area contributed by atoms with Gasteiger partial charge in [0.15, 0.2) is 11.5 Å². The first-order chi connectivity index (χ1) is 21.0. The monoisotopic (exact) mass is 780 g/mol. The molecule has 0 heterocycles. The molecule has 246 valence electrons. The van der Waals surface area contributed by atoms with Crippen LogP contribution in [-0.4, -0.2) is 55.7 Å². The summed E-state index contributed by atoms with van der Waals surface area (Å²) in [5, 5.41) is 32.9. The van der Waals surface area contributed by atoms with Gasteiger partial charge in [0.05, 0.1) is 16.0 Å². The number of phenols is 2. The first-order valence-electron chi connectivity index (χ1n) is 11.6. The van der Waals surface area contributed by atoms with E-state index in [1.165, 1.54) is 0 Å². The van der Waals surface area contributed by atoms with Crippen LogP contribution in [0.15, 0.2) is 78.8 Å². The molecule has 4 rings (SSSR count). The molecule has 47 heavy (non-hydrogen) atoms. The van der Waals surface area contributed by atoms with Crippen molar-refractivity contribution in [2.75, 3.05) is 0 Å². The molecule has 4 aromatic carbocycles. The smallest absolute Gasteiger partial charge is 1.00 e. The van der Waals surface area contributed by atoms with E-state index in [1.54, 1.807) is 0 Å². The molecule has 0 unspecified atom stereocenters. The number of rotatable bonds is 8. The zero-order chi connectivity index (χ0) is 34.6. The molecule has 0 aliphatic carbocycles. The second kappa shape index (κ2) is 13.9. The molecule has 8 N–H and O–H groups in total. The van der Waals surface area contributed by atoms with Crippen LogP contribution < -0.4 is 40.2 Å². The van der Waals surface area contributed by atoms with Crippen LogP contribution in [0.2, 0.25) is 10.0 Å². The van der Waals surface area contributed by atoms with E-state index in [0.29, 0.717) is 12.1 Å². The maximum atomic E-state index is 12.2. The summed E-state index contributed by atoms with van der Waals surface area (Å²) in [6, 6.07) is 6.90. The van der Waals surface area contributed by atoms with Gasteiger partial charge in [-0.15, -0.1) is 20.5 Å². The van der Waals surface area contributed by atoms with Crippen molar-refractivity contribution in [3.05, 3.63) is 58.6 Å². The van der Waals surface area contributed by atoms with Crippen molar-refractivity contribution >= 4 is 103 Å². The quantitative estimate of drug-likeness (QED) is 0.0545. The Morgan fingerprint density at radius 1 is 0.617 bits per heavy atom. The van der Waals surface area contributed by atoms with E-state index in [9.17, 15) is 64.9 Å². The van der Waals surface area contributed by atoms with Gasteiger partial charge in [-0.05, 0) is 53.9 Å². The summed E-state index contributed by atoms with van der Waals surface area (Å²) < 4.78 is 92.4. The second-order valence-corrected chi connectivity index (χ2v) is 15.7. The molecule has 0 aliphatic rings. The van der Waals surface area contributed by atoms with Gasteiger partial charge in [-0.1, -0.05) is 23.2 Å². The summed E-state index contributed by atoms with van der Waals surface area (Å²) in [4.78, 5) is 36.0. The van der Waals surface area contributed by atoms with Crippen molar-refractivity contribution in [2.45, 2.75) is 9.79 Å². The van der Waals surface area contributed by atoms with Crippen LogP contribution in [-0.2, 0) is 29.4 Å². The minimum absolute atomic E-state index is 0. The zero-order valence-electron chi connectivity index (χ0n) is 23.9. The molecule has 0 aromatic heterocycles. The molecule has 25 heteroatoms. The molecule has 18 nitrogen and oxygen atoms in total. The van der Waals surface area contributed by atoms with Gasteiger partial charge in [0.1, 0.15) is 32.5 Å². The van der Waals surface area contributed by atoms with Crippen molar-refractivity contribution < 1.29 is 95.8 Å². The Balaban J connectivity index is 0.00000400. The number of aromatic hydroxyl groups is 2. The van der Waals surface area contributed by atoms with E-state index >= 15 is 0 Å². The molecule has 0 bridgehead atoms. The average molecular weight is 781 g/mol. The molecular formula is C22H17Cl2N4NaO14P2S2. The van der Waals surface area contributed by atoms with Gasteiger partial charge in [-0.3, -0.25) is 18.2 Å². The maximum absolute atomic E-state index is 12.2. The van der Waals surface area contributed by atoms with E-state index in [1.807, 2.05) is 0 Å². The van der Waals surface area contributed by atoms with Crippen LogP contribution in [0.5, 0.6) is 11.5 Å². The van der Waals surface area contributed by atoms with Crippen molar-refractivity contribution in [3.8, 4) is 11.5 Å². The van der Waals surface area contributed by atoms with Crippen LogP contribution >= 0.6 is 38.4 Å². The summed E-state index contributed by atoms with van der Waals surface area (Å²) >= 11 is 11.6. The SMILES string of the molecule is O=P(O)(O)c1cc(Cl)ccc1N=Nc1c(S(=O)(=O)O)cc2cc(S(=O)(=O)O)c(N=Nc3ccc(Cl)cc3P(=O)(O)O)c(O)c2c1O.[H-].[Na+]. The van der Waals surface area contributed by atoms with Gasteiger partial charge in [-0.25, -0.2) is 0 Å². The Morgan fingerprint density at radius 3 is 1.26 bits per heavy atom. The van der Waals surface area contributed by atoms with Crippen molar-refractivity contribution in [1.29, 1.82) is 0 Å². The summed E-state index contributed by atoms with van der Waals surface area (Å²) in [5.41, 5.74) is -3.38. The number of hydrogen-bond donors (Lipinski definition) is 8. The molecule has 0 spiro atoms. The third-order valence-corrected chi connectivity index (χ3v) is 10.0. The van der Waals surface area contributed by atoms with Crippen LogP contribution in [0.25, 0.3) is 10.8 Å². The number of azo groups is 2. The Kier molecular flexibility index (Phi) is 11.5. The normalized spacial score (nSPS) is 13.0. The minimum Gasteiger partial charge on any atom is -1.00 e. The molecule has 0 atom stereocenters. The number of halogens is 2.